The lowest BCUT2D eigenvalue weighted by Crippen LogP contribution is -2.18. The molecule has 0 amide bonds. The lowest BCUT2D eigenvalue weighted by molar-refractivity contribution is 0.0594. The van der Waals surface area contributed by atoms with Crippen molar-refractivity contribution in [3.8, 4) is 0 Å². The lowest BCUT2D eigenvalue weighted by atomic mass is 10.3. The number of methoxy groups -OCH3 is 1. The maximum absolute atomic E-state index is 11.1. The van der Waals surface area contributed by atoms with Gasteiger partial charge in [-0.2, -0.15) is 0 Å². The van der Waals surface area contributed by atoms with Crippen molar-refractivity contribution in [1.29, 1.82) is 0 Å². The summed E-state index contributed by atoms with van der Waals surface area (Å²) in [5.74, 6) is -0.366. The summed E-state index contributed by atoms with van der Waals surface area (Å²) in [5.41, 5.74) is 1.38. The highest BCUT2D eigenvalue weighted by atomic mass is 16.5. The molecule has 0 radical (unpaired) electrons. The number of H-pyrrole nitrogens is 1. The summed E-state index contributed by atoms with van der Waals surface area (Å²) < 4.78 is 4.58. The minimum atomic E-state index is -0.366. The second-order valence-corrected chi connectivity index (χ2v) is 3.70. The molecular formula is C11H18N2O3. The normalized spacial score (nSPS) is 12.4. The molecule has 0 aromatic carbocycles. The fourth-order valence-corrected chi connectivity index (χ4v) is 1.31. The standard InChI is InChI=1S/C11H18N2O3/c1-8(14)5-6-12-7-9-3-4-10(13-9)11(15)16-2/h3-4,8,12-14H,5-7H2,1-2H3. The highest BCUT2D eigenvalue weighted by Gasteiger charge is 2.07. The number of carbonyl (C=O) groups excluding carboxylic acids is 1. The number of aliphatic hydroxyl groups excluding tert-OH is 1. The first-order chi connectivity index (χ1) is 7.63. The van der Waals surface area contributed by atoms with Crippen LogP contribution < -0.4 is 5.32 Å². The summed E-state index contributed by atoms with van der Waals surface area (Å²) >= 11 is 0. The Hall–Kier alpha value is -1.33. The van der Waals surface area contributed by atoms with Crippen molar-refractivity contribution in [2.75, 3.05) is 13.7 Å². The van der Waals surface area contributed by atoms with E-state index in [-0.39, 0.29) is 12.1 Å². The molecule has 16 heavy (non-hydrogen) atoms. The predicted octanol–water partition coefficient (Wildman–Crippen LogP) is 0.662. The molecule has 0 aliphatic heterocycles. The third-order valence-electron chi connectivity index (χ3n) is 2.21. The largest absolute Gasteiger partial charge is 0.464 e. The van der Waals surface area contributed by atoms with Crippen LogP contribution >= 0.6 is 0 Å². The SMILES string of the molecule is COC(=O)c1ccc(CNCCC(C)O)[nH]1. The number of rotatable bonds is 6. The molecule has 0 bridgehead atoms. The molecule has 0 saturated carbocycles. The zero-order chi connectivity index (χ0) is 12.0. The smallest absolute Gasteiger partial charge is 0.354 e. The van der Waals surface area contributed by atoms with Gasteiger partial charge in [0.15, 0.2) is 0 Å². The van der Waals surface area contributed by atoms with E-state index in [1.165, 1.54) is 7.11 Å². The number of hydrogen-bond acceptors (Lipinski definition) is 4. The fourth-order valence-electron chi connectivity index (χ4n) is 1.31. The molecule has 1 rings (SSSR count). The molecule has 5 heteroatoms. The Morgan fingerprint density at radius 2 is 2.38 bits per heavy atom. The zero-order valence-electron chi connectivity index (χ0n) is 9.62. The monoisotopic (exact) mass is 226 g/mol. The van der Waals surface area contributed by atoms with Gasteiger partial charge in [-0.1, -0.05) is 0 Å². The van der Waals surface area contributed by atoms with Gasteiger partial charge in [-0.15, -0.1) is 0 Å². The number of aromatic amines is 1. The van der Waals surface area contributed by atoms with Gasteiger partial charge in [-0.05, 0) is 32.0 Å². The van der Waals surface area contributed by atoms with E-state index in [1.807, 2.05) is 6.07 Å². The third-order valence-corrected chi connectivity index (χ3v) is 2.21. The molecule has 1 aromatic heterocycles. The van der Waals surface area contributed by atoms with Gasteiger partial charge in [-0.25, -0.2) is 4.79 Å². The van der Waals surface area contributed by atoms with Gasteiger partial charge in [0.2, 0.25) is 0 Å². The Bertz CT molecular complexity index is 334. The first-order valence-electron chi connectivity index (χ1n) is 5.28. The van der Waals surface area contributed by atoms with Crippen LogP contribution in [0.25, 0.3) is 0 Å². The van der Waals surface area contributed by atoms with E-state index in [9.17, 15) is 4.79 Å². The van der Waals surface area contributed by atoms with Crippen LogP contribution in [0.5, 0.6) is 0 Å². The quantitative estimate of drug-likeness (QED) is 0.492. The first-order valence-corrected chi connectivity index (χ1v) is 5.28. The first kappa shape index (κ1) is 12.7. The van der Waals surface area contributed by atoms with Gasteiger partial charge in [0, 0.05) is 12.2 Å². The van der Waals surface area contributed by atoms with E-state index in [2.05, 4.69) is 15.0 Å². The van der Waals surface area contributed by atoms with E-state index >= 15 is 0 Å². The Balaban J connectivity index is 2.32. The average Bonchev–Trinajstić information content (AvgIpc) is 2.71. The van der Waals surface area contributed by atoms with Crippen LogP contribution in [-0.4, -0.2) is 35.8 Å². The number of aromatic nitrogens is 1. The van der Waals surface area contributed by atoms with E-state index in [4.69, 9.17) is 5.11 Å². The van der Waals surface area contributed by atoms with Gasteiger partial charge >= 0.3 is 5.97 Å². The Morgan fingerprint density at radius 1 is 1.62 bits per heavy atom. The number of aliphatic hydroxyl groups is 1. The second kappa shape index (κ2) is 6.30. The van der Waals surface area contributed by atoms with Crippen LogP contribution in [-0.2, 0) is 11.3 Å². The van der Waals surface area contributed by atoms with Crippen molar-refractivity contribution in [3.05, 3.63) is 23.5 Å². The summed E-state index contributed by atoms with van der Waals surface area (Å²) in [6, 6.07) is 3.53. The van der Waals surface area contributed by atoms with Crippen LogP contribution in [0.15, 0.2) is 12.1 Å². The molecule has 0 fully saturated rings. The molecule has 1 atom stereocenters. The van der Waals surface area contributed by atoms with E-state index in [0.717, 1.165) is 12.2 Å². The number of nitrogens with one attached hydrogen (secondary N) is 2. The van der Waals surface area contributed by atoms with Crippen LogP contribution in [0, 0.1) is 0 Å². The molecule has 1 aromatic rings. The van der Waals surface area contributed by atoms with Crippen molar-refractivity contribution in [1.82, 2.24) is 10.3 Å². The van der Waals surface area contributed by atoms with Crippen molar-refractivity contribution in [3.63, 3.8) is 0 Å². The Labute approximate surface area is 94.8 Å². The maximum Gasteiger partial charge on any atom is 0.354 e. The molecule has 0 saturated heterocycles. The molecule has 5 nitrogen and oxygen atoms in total. The fraction of sp³-hybridized carbons (Fsp3) is 0.545. The highest BCUT2D eigenvalue weighted by molar-refractivity contribution is 5.87. The van der Waals surface area contributed by atoms with Crippen molar-refractivity contribution in [2.24, 2.45) is 0 Å². The van der Waals surface area contributed by atoms with Gasteiger partial charge in [0.05, 0.1) is 13.2 Å². The lowest BCUT2D eigenvalue weighted by Gasteiger charge is -2.05. The molecule has 3 N–H and O–H groups in total. The Kier molecular flexibility index (Phi) is 5.01. The maximum atomic E-state index is 11.1. The summed E-state index contributed by atoms with van der Waals surface area (Å²) in [4.78, 5) is 14.1. The number of hydrogen-bond donors (Lipinski definition) is 3. The van der Waals surface area contributed by atoms with Crippen molar-refractivity contribution >= 4 is 5.97 Å². The minimum absolute atomic E-state index is 0.290. The molecular weight excluding hydrogens is 208 g/mol. The minimum Gasteiger partial charge on any atom is -0.464 e. The topological polar surface area (TPSA) is 74.3 Å². The van der Waals surface area contributed by atoms with Crippen molar-refractivity contribution in [2.45, 2.75) is 26.0 Å². The second-order valence-electron chi connectivity index (χ2n) is 3.70. The Morgan fingerprint density at radius 3 is 3.00 bits per heavy atom. The van der Waals surface area contributed by atoms with Gasteiger partial charge in [-0.3, -0.25) is 0 Å². The van der Waals surface area contributed by atoms with Gasteiger partial charge in [0.25, 0.3) is 0 Å². The van der Waals surface area contributed by atoms with Crippen LogP contribution in [0.3, 0.4) is 0 Å². The summed E-state index contributed by atoms with van der Waals surface area (Å²) in [6.07, 6.45) is 0.423. The number of carbonyl (C=O) groups is 1. The van der Waals surface area contributed by atoms with Gasteiger partial charge in [0.1, 0.15) is 5.69 Å². The van der Waals surface area contributed by atoms with Gasteiger partial charge < -0.3 is 20.1 Å². The van der Waals surface area contributed by atoms with Crippen LogP contribution in [0.1, 0.15) is 29.5 Å². The molecule has 0 spiro atoms. The molecule has 0 aliphatic carbocycles. The summed E-state index contributed by atoms with van der Waals surface area (Å²) in [5, 5.41) is 12.2. The van der Waals surface area contributed by atoms with Crippen LogP contribution in [0.4, 0.5) is 0 Å². The highest BCUT2D eigenvalue weighted by Crippen LogP contribution is 2.03. The summed E-state index contributed by atoms with van der Waals surface area (Å²) in [6.45, 7) is 3.14. The predicted molar refractivity (Wildman–Crippen MR) is 60.1 cm³/mol. The molecule has 90 valence electrons. The zero-order valence-corrected chi connectivity index (χ0v) is 9.62. The average molecular weight is 226 g/mol. The number of ether oxygens (including phenoxy) is 1. The van der Waals surface area contributed by atoms with Crippen molar-refractivity contribution < 1.29 is 14.6 Å². The third kappa shape index (κ3) is 4.04. The van der Waals surface area contributed by atoms with E-state index in [1.54, 1.807) is 13.0 Å². The van der Waals surface area contributed by atoms with E-state index < -0.39 is 0 Å². The summed E-state index contributed by atoms with van der Waals surface area (Å²) in [7, 11) is 1.35. The van der Waals surface area contributed by atoms with E-state index in [0.29, 0.717) is 18.7 Å². The molecule has 1 heterocycles. The van der Waals surface area contributed by atoms with Crippen LogP contribution in [0.2, 0.25) is 0 Å². The molecule has 1 unspecified atom stereocenters. The number of esters is 1. The molecule has 0 aliphatic rings.